The van der Waals surface area contributed by atoms with E-state index in [2.05, 4.69) is 24.9 Å². The van der Waals surface area contributed by atoms with Gasteiger partial charge in [0.15, 0.2) is 0 Å². The Kier molecular flexibility index (Phi) is 75.3. The van der Waals surface area contributed by atoms with E-state index in [1.165, 1.54) is 0 Å². The summed E-state index contributed by atoms with van der Waals surface area (Å²) < 4.78 is 0. The van der Waals surface area contributed by atoms with Crippen LogP contribution in [0, 0.1) is 0 Å². The molecular weight excluding hydrogens is 377 g/mol. The fourth-order valence-electron chi connectivity index (χ4n) is 0. The number of hydrogen-bond acceptors (Lipinski definition) is 1. The fraction of sp³-hybridized carbons (Fsp3) is 0. The van der Waals surface area contributed by atoms with Crippen molar-refractivity contribution in [2.75, 3.05) is 0 Å². The van der Waals surface area contributed by atoms with Crippen LogP contribution >= 0.6 is 10.6 Å². The van der Waals surface area contributed by atoms with E-state index in [0.717, 1.165) is 0 Å². The monoisotopic (exact) mass is 378 g/mol. The average Bonchev–Trinajstić information content (AvgIpc) is 1.00. The zero-order valence-corrected chi connectivity index (χ0v) is 13.2. The first-order valence-electron chi connectivity index (χ1n) is 0.167. The maximum absolute atomic E-state index is 3.96. The van der Waals surface area contributed by atoms with Gasteiger partial charge in [0.1, 0.15) is 0 Å². The Balaban J connectivity index is -0.00000000500. The predicted molar refractivity (Wildman–Crippen MR) is 13.3 cm³/mol. The number of rotatable bonds is 0. The van der Waals surface area contributed by atoms with Gasteiger partial charge >= 0.3 is 24.9 Å². The van der Waals surface area contributed by atoms with E-state index < -0.39 is 0 Å². The Morgan fingerprint density at radius 1 is 1.25 bits per heavy atom. The summed E-state index contributed by atoms with van der Waals surface area (Å²) in [7, 11) is 3.96. The van der Waals surface area contributed by atoms with Crippen molar-refractivity contribution in [3.63, 3.8) is 0 Å². The van der Waals surface area contributed by atoms with Crippen LogP contribution in [0.15, 0.2) is 0 Å². The molecule has 0 bridgehead atoms. The zero-order chi connectivity index (χ0) is 2.00. The zero-order valence-electron chi connectivity index (χ0n) is 2.23. The van der Waals surface area contributed by atoms with Crippen LogP contribution in [-0.2, 0) is 47.1 Å². The maximum atomic E-state index is 3.96. The molecule has 0 radical (unpaired) electrons. The van der Waals surface area contributed by atoms with Gasteiger partial charge in [-0.1, -0.05) is 0 Å². The summed E-state index contributed by atoms with van der Waals surface area (Å²) in [5.74, 6) is 0. The van der Waals surface area contributed by atoms with E-state index >= 15 is 0 Å². The molecule has 0 fully saturated rings. The van der Waals surface area contributed by atoms with Gasteiger partial charge in [0, 0.05) is 47.1 Å². The normalized spacial score (nSPS) is 1.00. The molecule has 0 spiro atoms. The van der Waals surface area contributed by atoms with Crippen molar-refractivity contribution in [1.29, 1.82) is 0 Å². The summed E-state index contributed by atoms with van der Waals surface area (Å²) >= 11 is 2.21. The molecule has 0 aliphatic rings. The van der Waals surface area contributed by atoms with Crippen LogP contribution in [0.25, 0.3) is 0 Å². The molecule has 0 amide bonds. The van der Waals surface area contributed by atoms with Crippen LogP contribution < -0.4 is 0 Å². The van der Waals surface area contributed by atoms with Crippen molar-refractivity contribution in [3.05, 3.63) is 0 Å². The minimum absolute atomic E-state index is 0. The first-order chi connectivity index (χ1) is 1.00. The third-order valence-corrected chi connectivity index (χ3v) is 0. The van der Waals surface area contributed by atoms with Gasteiger partial charge in [-0.15, -0.1) is 0 Å². The Morgan fingerprint density at radius 3 is 1.25 bits per heavy atom. The fourth-order valence-corrected chi connectivity index (χ4v) is 0. The van der Waals surface area contributed by atoms with Gasteiger partial charge in [0.2, 0.25) is 0 Å². The molecule has 4 heteroatoms. The van der Waals surface area contributed by atoms with E-state index in [-0.39, 0.29) is 47.1 Å². The van der Waals surface area contributed by atoms with Crippen LogP contribution in [0.3, 0.4) is 0 Å². The first-order valence-corrected chi connectivity index (χ1v) is 2.60. The molecule has 0 rings (SSSR count). The molecule has 4 heavy (non-hydrogen) atoms. The van der Waals surface area contributed by atoms with Gasteiger partial charge in [-0.05, 0) is 0 Å². The summed E-state index contributed by atoms with van der Waals surface area (Å²) in [5.41, 5.74) is 0. The van der Waals surface area contributed by atoms with Crippen molar-refractivity contribution >= 4 is 24.9 Å². The van der Waals surface area contributed by atoms with E-state index in [1.54, 1.807) is 0 Å². The molecule has 0 aliphatic carbocycles. The van der Waals surface area contributed by atoms with E-state index in [9.17, 15) is 0 Å². The summed E-state index contributed by atoms with van der Waals surface area (Å²) in [5, 5.41) is 0. The van der Waals surface area contributed by atoms with Crippen LogP contribution in [0.4, 0.5) is 0 Å². The molecule has 0 saturated carbocycles. The number of hydrogen-bond donors (Lipinski definition) is 0. The van der Waals surface area contributed by atoms with Gasteiger partial charge in [-0.25, -0.2) is 0 Å². The minimum atomic E-state index is 0. The van der Waals surface area contributed by atoms with Gasteiger partial charge < -0.3 is 0 Å². The topological polar surface area (TPSA) is 0 Å². The molecular formula is HgSSeZn. The summed E-state index contributed by atoms with van der Waals surface area (Å²) in [6, 6.07) is 0. The van der Waals surface area contributed by atoms with E-state index in [1.807, 2.05) is 0 Å². The smallest absolute Gasteiger partial charge is 0 e. The second-order valence-electron chi connectivity index (χ2n) is 0. The van der Waals surface area contributed by atoms with Crippen LogP contribution in [0.1, 0.15) is 0 Å². The SMILES string of the molecule is S=[Se].[Hg].[Zn]. The van der Waals surface area contributed by atoms with Gasteiger partial charge in [0.25, 0.3) is 0 Å². The molecule has 16 valence electrons. The average molecular weight is 377 g/mol. The van der Waals surface area contributed by atoms with Gasteiger partial charge in [-0.2, -0.15) is 0 Å². The molecule has 0 aromatic carbocycles. The van der Waals surface area contributed by atoms with Crippen LogP contribution in [0.2, 0.25) is 0 Å². The molecule has 0 N–H and O–H groups in total. The molecule has 0 unspecified atom stereocenters. The molecule has 0 aromatic rings. The van der Waals surface area contributed by atoms with Crippen molar-refractivity contribution in [1.82, 2.24) is 0 Å². The third kappa shape index (κ3) is 8.85. The Morgan fingerprint density at radius 2 is 1.25 bits per heavy atom. The summed E-state index contributed by atoms with van der Waals surface area (Å²) in [6.45, 7) is 0. The Bertz CT molecular complexity index is 8.00. The predicted octanol–water partition coefficient (Wildman–Crippen LogP) is 0.262. The molecule has 0 heterocycles. The van der Waals surface area contributed by atoms with Gasteiger partial charge in [-0.3, -0.25) is 0 Å². The largest absolute Gasteiger partial charge is 0 e. The molecule has 0 nitrogen and oxygen atoms in total. The van der Waals surface area contributed by atoms with Crippen molar-refractivity contribution in [3.8, 4) is 0 Å². The molecule has 0 aromatic heterocycles. The Hall–Kier alpha value is 2.30. The van der Waals surface area contributed by atoms with E-state index in [4.69, 9.17) is 0 Å². The summed E-state index contributed by atoms with van der Waals surface area (Å²) in [6.07, 6.45) is 0. The van der Waals surface area contributed by atoms with E-state index in [0.29, 0.717) is 0 Å². The Labute approximate surface area is 71.0 Å². The van der Waals surface area contributed by atoms with Gasteiger partial charge in [0.05, 0.1) is 0 Å². The standard InChI is InChI=1S/Hg.SSe.Zn/c;1-2;. The molecule has 0 saturated heterocycles. The second kappa shape index (κ2) is 18.5. The third-order valence-electron chi connectivity index (χ3n) is 0. The quantitative estimate of drug-likeness (QED) is 0.547. The minimum Gasteiger partial charge on any atom is 0 e. The molecule has 0 atom stereocenters. The van der Waals surface area contributed by atoms with Crippen LogP contribution in [-0.4, -0.2) is 14.4 Å². The van der Waals surface area contributed by atoms with Crippen molar-refractivity contribution < 1.29 is 47.1 Å². The van der Waals surface area contributed by atoms with Crippen molar-refractivity contribution in [2.45, 2.75) is 0 Å². The van der Waals surface area contributed by atoms with Crippen LogP contribution in [0.5, 0.6) is 0 Å². The maximum Gasteiger partial charge on any atom is 0 e. The van der Waals surface area contributed by atoms with Crippen molar-refractivity contribution in [2.24, 2.45) is 0 Å². The summed E-state index contributed by atoms with van der Waals surface area (Å²) in [4.78, 5) is 0. The molecule has 0 aliphatic heterocycles. The second-order valence-corrected chi connectivity index (χ2v) is 0. The first kappa shape index (κ1) is 16.3.